The van der Waals surface area contributed by atoms with E-state index < -0.39 is 0 Å². The number of nitrogens with zero attached hydrogens (tertiary/aromatic N) is 1. The zero-order valence-corrected chi connectivity index (χ0v) is 12.1. The molecule has 20 heavy (non-hydrogen) atoms. The number of fused-ring (bicyclic) bond motifs is 1. The highest BCUT2D eigenvalue weighted by Crippen LogP contribution is 2.28. The lowest BCUT2D eigenvalue weighted by molar-refractivity contribution is -0.126. The van der Waals surface area contributed by atoms with Gasteiger partial charge in [0.1, 0.15) is 0 Å². The molecule has 108 valence electrons. The molecule has 1 aromatic carbocycles. The molecule has 1 atom stereocenters. The van der Waals surface area contributed by atoms with E-state index in [0.29, 0.717) is 0 Å². The zero-order valence-electron chi connectivity index (χ0n) is 12.1. The molecular weight excluding hydrogens is 250 g/mol. The summed E-state index contributed by atoms with van der Waals surface area (Å²) in [6.07, 6.45) is 3.26. The number of carbonyl (C=O) groups is 1. The topological polar surface area (TPSA) is 44.4 Å². The predicted molar refractivity (Wildman–Crippen MR) is 80.7 cm³/mol. The lowest BCUT2D eigenvalue weighted by Crippen LogP contribution is -2.41. The average molecular weight is 273 g/mol. The van der Waals surface area contributed by atoms with Crippen LogP contribution in [0.3, 0.4) is 0 Å². The van der Waals surface area contributed by atoms with E-state index in [4.69, 9.17) is 0 Å². The summed E-state index contributed by atoms with van der Waals surface area (Å²) in [6.45, 7) is 3.97. The van der Waals surface area contributed by atoms with Gasteiger partial charge in [0.25, 0.3) is 0 Å². The largest absolute Gasteiger partial charge is 0.384 e. The van der Waals surface area contributed by atoms with Crippen molar-refractivity contribution >= 4 is 11.6 Å². The molecule has 4 nitrogen and oxygen atoms in total. The van der Waals surface area contributed by atoms with Crippen molar-refractivity contribution in [3.8, 4) is 0 Å². The van der Waals surface area contributed by atoms with Crippen molar-refractivity contribution in [3.63, 3.8) is 0 Å². The van der Waals surface area contributed by atoms with Gasteiger partial charge in [0.2, 0.25) is 5.91 Å². The zero-order chi connectivity index (χ0) is 13.9. The molecule has 4 heteroatoms. The number of hydrogen-bond donors (Lipinski definition) is 2. The summed E-state index contributed by atoms with van der Waals surface area (Å²) in [6, 6.07) is 6.57. The number of para-hydroxylation sites is 1. The standard InChI is InChI=1S/C16H23N3O/c1-17-16(20)14-6-3-9-19(11-14)10-13-5-2-4-12-7-8-18-15(12)13/h2,4-5,14,18H,3,6-11H2,1H3,(H,17,20). The van der Waals surface area contributed by atoms with Crippen LogP contribution in [-0.2, 0) is 17.8 Å². The normalized spacial score (nSPS) is 22.1. The fourth-order valence-corrected chi connectivity index (χ4v) is 3.40. The quantitative estimate of drug-likeness (QED) is 0.879. The van der Waals surface area contributed by atoms with E-state index in [-0.39, 0.29) is 11.8 Å². The number of rotatable bonds is 3. The lowest BCUT2D eigenvalue weighted by atomic mass is 9.96. The van der Waals surface area contributed by atoms with E-state index in [9.17, 15) is 4.79 Å². The fourth-order valence-electron chi connectivity index (χ4n) is 3.40. The summed E-state index contributed by atoms with van der Waals surface area (Å²) < 4.78 is 0. The molecule has 2 aliphatic heterocycles. The molecule has 3 rings (SSSR count). The molecule has 2 aliphatic rings. The molecule has 1 unspecified atom stereocenters. The Morgan fingerprint density at radius 1 is 1.50 bits per heavy atom. The highest BCUT2D eigenvalue weighted by atomic mass is 16.1. The van der Waals surface area contributed by atoms with Crippen LogP contribution in [-0.4, -0.2) is 37.5 Å². The Kier molecular flexibility index (Phi) is 3.92. The third kappa shape index (κ3) is 2.66. The van der Waals surface area contributed by atoms with E-state index in [1.165, 1.54) is 16.8 Å². The fraction of sp³-hybridized carbons (Fsp3) is 0.562. The van der Waals surface area contributed by atoms with Gasteiger partial charge in [0.05, 0.1) is 5.92 Å². The molecule has 0 aliphatic carbocycles. The predicted octanol–water partition coefficient (Wildman–Crippen LogP) is 1.61. The monoisotopic (exact) mass is 273 g/mol. The minimum Gasteiger partial charge on any atom is -0.384 e. The number of likely N-dealkylation sites (tertiary alicyclic amines) is 1. The molecule has 1 fully saturated rings. The minimum absolute atomic E-state index is 0.151. The van der Waals surface area contributed by atoms with Gasteiger partial charge in [-0.1, -0.05) is 18.2 Å². The van der Waals surface area contributed by atoms with Crippen molar-refractivity contribution < 1.29 is 4.79 Å². The summed E-state index contributed by atoms with van der Waals surface area (Å²) in [5.41, 5.74) is 4.13. The van der Waals surface area contributed by atoms with Crippen LogP contribution in [0.2, 0.25) is 0 Å². The van der Waals surface area contributed by atoms with Gasteiger partial charge in [-0.3, -0.25) is 9.69 Å². The molecule has 1 saturated heterocycles. The molecule has 0 radical (unpaired) electrons. The third-order valence-corrected chi connectivity index (χ3v) is 4.45. The summed E-state index contributed by atoms with van der Waals surface area (Å²) in [5.74, 6) is 0.338. The van der Waals surface area contributed by atoms with Gasteiger partial charge in [-0.25, -0.2) is 0 Å². The summed E-state index contributed by atoms with van der Waals surface area (Å²) in [4.78, 5) is 14.2. The molecule has 0 spiro atoms. The molecule has 1 amide bonds. The Bertz CT molecular complexity index is 500. The molecule has 0 bridgehead atoms. The Labute approximate surface area is 120 Å². The second-order valence-corrected chi connectivity index (χ2v) is 5.82. The SMILES string of the molecule is CNC(=O)C1CCCN(Cc2cccc3c2NCC3)C1. The molecular formula is C16H23N3O. The highest BCUT2D eigenvalue weighted by Gasteiger charge is 2.25. The first-order valence-corrected chi connectivity index (χ1v) is 7.56. The van der Waals surface area contributed by atoms with E-state index in [0.717, 1.165) is 45.4 Å². The molecule has 2 N–H and O–H groups in total. The van der Waals surface area contributed by atoms with E-state index >= 15 is 0 Å². The number of carbonyl (C=O) groups excluding carboxylic acids is 1. The van der Waals surface area contributed by atoms with Gasteiger partial charge in [-0.05, 0) is 36.9 Å². The Balaban J connectivity index is 1.69. The Morgan fingerprint density at radius 3 is 3.25 bits per heavy atom. The maximum atomic E-state index is 11.8. The first-order chi connectivity index (χ1) is 9.78. The van der Waals surface area contributed by atoms with Gasteiger partial charge in [-0.15, -0.1) is 0 Å². The van der Waals surface area contributed by atoms with Crippen molar-refractivity contribution in [1.29, 1.82) is 0 Å². The van der Waals surface area contributed by atoms with Crippen molar-refractivity contribution in [1.82, 2.24) is 10.2 Å². The van der Waals surface area contributed by atoms with E-state index in [2.05, 4.69) is 33.7 Å². The first-order valence-electron chi connectivity index (χ1n) is 7.56. The minimum atomic E-state index is 0.151. The van der Waals surface area contributed by atoms with Crippen molar-refractivity contribution in [2.24, 2.45) is 5.92 Å². The number of amides is 1. The van der Waals surface area contributed by atoms with Crippen LogP contribution in [0.1, 0.15) is 24.0 Å². The van der Waals surface area contributed by atoms with Crippen LogP contribution in [0, 0.1) is 5.92 Å². The van der Waals surface area contributed by atoms with Crippen molar-refractivity contribution in [2.45, 2.75) is 25.8 Å². The van der Waals surface area contributed by atoms with Crippen LogP contribution in [0.5, 0.6) is 0 Å². The Morgan fingerprint density at radius 2 is 2.40 bits per heavy atom. The van der Waals surface area contributed by atoms with E-state index in [1.807, 2.05) is 0 Å². The number of piperidine rings is 1. The van der Waals surface area contributed by atoms with Crippen molar-refractivity contribution in [3.05, 3.63) is 29.3 Å². The van der Waals surface area contributed by atoms with Crippen LogP contribution < -0.4 is 10.6 Å². The maximum absolute atomic E-state index is 11.8. The van der Waals surface area contributed by atoms with Crippen LogP contribution in [0.15, 0.2) is 18.2 Å². The molecule has 0 aromatic heterocycles. The summed E-state index contributed by atoms with van der Waals surface area (Å²) in [7, 11) is 1.73. The van der Waals surface area contributed by atoms with Gasteiger partial charge in [0, 0.05) is 32.4 Å². The molecule has 0 saturated carbocycles. The third-order valence-electron chi connectivity index (χ3n) is 4.45. The average Bonchev–Trinajstić information content (AvgIpc) is 2.96. The van der Waals surface area contributed by atoms with Crippen molar-refractivity contribution in [2.75, 3.05) is 32.0 Å². The van der Waals surface area contributed by atoms with Gasteiger partial charge in [-0.2, -0.15) is 0 Å². The molecule has 1 aromatic rings. The first kappa shape index (κ1) is 13.4. The number of anilines is 1. The summed E-state index contributed by atoms with van der Waals surface area (Å²) in [5, 5.41) is 6.28. The van der Waals surface area contributed by atoms with E-state index in [1.54, 1.807) is 7.05 Å². The number of nitrogens with one attached hydrogen (secondary N) is 2. The van der Waals surface area contributed by atoms with Crippen LogP contribution in [0.4, 0.5) is 5.69 Å². The maximum Gasteiger partial charge on any atom is 0.224 e. The second kappa shape index (κ2) is 5.83. The number of hydrogen-bond acceptors (Lipinski definition) is 3. The second-order valence-electron chi connectivity index (χ2n) is 5.82. The van der Waals surface area contributed by atoms with Gasteiger partial charge in [0.15, 0.2) is 0 Å². The van der Waals surface area contributed by atoms with Crippen LogP contribution in [0.25, 0.3) is 0 Å². The highest BCUT2D eigenvalue weighted by molar-refractivity contribution is 5.78. The summed E-state index contributed by atoms with van der Waals surface area (Å²) >= 11 is 0. The lowest BCUT2D eigenvalue weighted by Gasteiger charge is -2.32. The van der Waals surface area contributed by atoms with Crippen LogP contribution >= 0.6 is 0 Å². The van der Waals surface area contributed by atoms with Gasteiger partial charge >= 0.3 is 0 Å². The van der Waals surface area contributed by atoms with Gasteiger partial charge < -0.3 is 10.6 Å². The Hall–Kier alpha value is -1.55. The number of benzene rings is 1. The molecule has 2 heterocycles. The smallest absolute Gasteiger partial charge is 0.224 e.